The van der Waals surface area contributed by atoms with Crippen molar-refractivity contribution in [1.82, 2.24) is 10.6 Å². The fraction of sp³-hybridized carbons (Fsp3) is 0.579. The van der Waals surface area contributed by atoms with E-state index in [0.29, 0.717) is 36.2 Å². The summed E-state index contributed by atoms with van der Waals surface area (Å²) in [5.74, 6) is 1.16. The summed E-state index contributed by atoms with van der Waals surface area (Å²) >= 11 is 5.78. The molecule has 0 aromatic heterocycles. The van der Waals surface area contributed by atoms with E-state index in [0.717, 1.165) is 6.42 Å². The molecule has 0 aliphatic heterocycles. The van der Waals surface area contributed by atoms with E-state index in [1.807, 2.05) is 0 Å². The predicted octanol–water partition coefficient (Wildman–Crippen LogP) is 3.31. The molecule has 0 heterocycles. The second kappa shape index (κ2) is 11.0. The van der Waals surface area contributed by atoms with Crippen molar-refractivity contribution in [3.8, 4) is 5.75 Å². The van der Waals surface area contributed by atoms with Crippen molar-refractivity contribution in [1.29, 1.82) is 0 Å². The van der Waals surface area contributed by atoms with Gasteiger partial charge in [-0.05, 0) is 36.6 Å². The molecule has 0 unspecified atom stereocenters. The summed E-state index contributed by atoms with van der Waals surface area (Å²) in [5, 5.41) is 6.19. The largest absolute Gasteiger partial charge is 0.484 e. The van der Waals surface area contributed by atoms with Crippen LogP contribution in [0.4, 0.5) is 0 Å². The molecule has 25 heavy (non-hydrogen) atoms. The van der Waals surface area contributed by atoms with E-state index in [1.165, 1.54) is 32.1 Å². The van der Waals surface area contributed by atoms with Crippen LogP contribution in [0.2, 0.25) is 5.02 Å². The van der Waals surface area contributed by atoms with E-state index in [1.54, 1.807) is 24.3 Å². The topological polar surface area (TPSA) is 67.4 Å². The van der Waals surface area contributed by atoms with Gasteiger partial charge in [-0.3, -0.25) is 9.59 Å². The Morgan fingerprint density at radius 2 is 1.64 bits per heavy atom. The van der Waals surface area contributed by atoms with Gasteiger partial charge in [-0.25, -0.2) is 0 Å². The van der Waals surface area contributed by atoms with Crippen molar-refractivity contribution in [2.75, 3.05) is 19.7 Å². The first-order chi connectivity index (χ1) is 12.1. The Morgan fingerprint density at radius 3 is 2.32 bits per heavy atom. The number of halogens is 1. The Labute approximate surface area is 154 Å². The molecule has 0 bridgehead atoms. The summed E-state index contributed by atoms with van der Waals surface area (Å²) in [6.45, 7) is 0.783. The van der Waals surface area contributed by atoms with Gasteiger partial charge in [0.15, 0.2) is 6.61 Å². The first-order valence-corrected chi connectivity index (χ1v) is 9.43. The van der Waals surface area contributed by atoms with Crippen LogP contribution in [0, 0.1) is 5.92 Å². The molecule has 1 aromatic carbocycles. The van der Waals surface area contributed by atoms with Gasteiger partial charge in [0, 0.05) is 24.5 Å². The monoisotopic (exact) mass is 366 g/mol. The van der Waals surface area contributed by atoms with Crippen LogP contribution in [0.5, 0.6) is 5.75 Å². The van der Waals surface area contributed by atoms with Gasteiger partial charge >= 0.3 is 0 Å². The Morgan fingerprint density at radius 1 is 1.00 bits per heavy atom. The number of ether oxygens (including phenoxy) is 1. The third-order valence-electron chi connectivity index (χ3n) is 4.46. The molecule has 2 rings (SSSR count). The molecule has 1 aliphatic rings. The Bertz CT molecular complexity index is 542. The summed E-state index contributed by atoms with van der Waals surface area (Å²) in [5.41, 5.74) is 0. The molecular weight excluding hydrogens is 340 g/mol. The molecule has 6 heteroatoms. The molecule has 0 spiro atoms. The smallest absolute Gasteiger partial charge is 0.258 e. The molecule has 1 saturated carbocycles. The number of amides is 2. The van der Waals surface area contributed by atoms with Crippen LogP contribution in [0.15, 0.2) is 24.3 Å². The van der Waals surface area contributed by atoms with Gasteiger partial charge in [-0.2, -0.15) is 0 Å². The van der Waals surface area contributed by atoms with Crippen LogP contribution in [0.25, 0.3) is 0 Å². The zero-order valence-corrected chi connectivity index (χ0v) is 15.3. The van der Waals surface area contributed by atoms with Crippen LogP contribution >= 0.6 is 11.6 Å². The maximum absolute atomic E-state index is 11.8. The SMILES string of the molecule is O=C(CCC1CCCCC1)NCCNC(=O)COc1ccc(Cl)cc1. The van der Waals surface area contributed by atoms with Crippen molar-refractivity contribution < 1.29 is 14.3 Å². The second-order valence-electron chi connectivity index (χ2n) is 6.49. The normalized spacial score (nSPS) is 14.8. The Hall–Kier alpha value is -1.75. The lowest BCUT2D eigenvalue weighted by Gasteiger charge is -2.20. The average molecular weight is 367 g/mol. The zero-order chi connectivity index (χ0) is 17.9. The summed E-state index contributed by atoms with van der Waals surface area (Å²) in [4.78, 5) is 23.5. The van der Waals surface area contributed by atoms with E-state index in [9.17, 15) is 9.59 Å². The third kappa shape index (κ3) is 8.25. The second-order valence-corrected chi connectivity index (χ2v) is 6.92. The highest BCUT2D eigenvalue weighted by Crippen LogP contribution is 2.27. The minimum atomic E-state index is -0.216. The molecule has 1 aliphatic carbocycles. The lowest BCUT2D eigenvalue weighted by atomic mass is 9.86. The van der Waals surface area contributed by atoms with E-state index < -0.39 is 0 Å². The molecule has 1 aromatic rings. The number of carbonyl (C=O) groups excluding carboxylic acids is 2. The minimum absolute atomic E-state index is 0.0583. The van der Waals surface area contributed by atoms with Crippen LogP contribution in [-0.4, -0.2) is 31.5 Å². The van der Waals surface area contributed by atoms with E-state index >= 15 is 0 Å². The quantitative estimate of drug-likeness (QED) is 0.659. The number of hydrogen-bond donors (Lipinski definition) is 2. The lowest BCUT2D eigenvalue weighted by molar-refractivity contribution is -0.124. The predicted molar refractivity (Wildman–Crippen MR) is 98.8 cm³/mol. The first kappa shape index (κ1) is 19.6. The zero-order valence-electron chi connectivity index (χ0n) is 14.6. The number of rotatable bonds is 9. The third-order valence-corrected chi connectivity index (χ3v) is 4.71. The average Bonchev–Trinajstić information content (AvgIpc) is 2.64. The maximum Gasteiger partial charge on any atom is 0.258 e. The van der Waals surface area contributed by atoms with E-state index in [4.69, 9.17) is 16.3 Å². The number of nitrogens with one attached hydrogen (secondary N) is 2. The number of carbonyl (C=O) groups is 2. The van der Waals surface area contributed by atoms with Gasteiger partial charge in [-0.1, -0.05) is 43.7 Å². The first-order valence-electron chi connectivity index (χ1n) is 9.05. The van der Waals surface area contributed by atoms with Crippen molar-refractivity contribution in [3.05, 3.63) is 29.3 Å². The maximum atomic E-state index is 11.8. The van der Waals surface area contributed by atoms with Crippen molar-refractivity contribution >= 4 is 23.4 Å². The molecular formula is C19H27ClN2O3. The molecule has 0 radical (unpaired) electrons. The van der Waals surface area contributed by atoms with E-state index in [2.05, 4.69) is 10.6 Å². The van der Waals surface area contributed by atoms with Gasteiger partial charge in [0.25, 0.3) is 5.91 Å². The van der Waals surface area contributed by atoms with Crippen molar-refractivity contribution in [2.24, 2.45) is 5.92 Å². The van der Waals surface area contributed by atoms with Crippen LogP contribution in [0.3, 0.4) is 0 Å². The summed E-state index contributed by atoms with van der Waals surface area (Å²) in [6.07, 6.45) is 8.02. The molecule has 138 valence electrons. The van der Waals surface area contributed by atoms with Crippen LogP contribution in [-0.2, 0) is 9.59 Å². The minimum Gasteiger partial charge on any atom is -0.484 e. The van der Waals surface area contributed by atoms with Crippen molar-refractivity contribution in [2.45, 2.75) is 44.9 Å². The fourth-order valence-corrected chi connectivity index (χ4v) is 3.16. The van der Waals surface area contributed by atoms with Crippen molar-refractivity contribution in [3.63, 3.8) is 0 Å². The highest BCUT2D eigenvalue weighted by molar-refractivity contribution is 6.30. The summed E-state index contributed by atoms with van der Waals surface area (Å²) in [6, 6.07) is 6.83. The van der Waals surface area contributed by atoms with E-state index in [-0.39, 0.29) is 18.4 Å². The number of benzene rings is 1. The Balaban J connectivity index is 1.49. The summed E-state index contributed by atoms with van der Waals surface area (Å²) < 4.78 is 5.35. The highest BCUT2D eigenvalue weighted by Gasteiger charge is 2.14. The molecule has 0 atom stereocenters. The molecule has 0 saturated heterocycles. The molecule has 2 N–H and O–H groups in total. The van der Waals surface area contributed by atoms with Crippen LogP contribution in [0.1, 0.15) is 44.9 Å². The standard InChI is InChI=1S/C19H27ClN2O3/c20-16-7-9-17(10-8-16)25-14-19(24)22-13-12-21-18(23)11-6-15-4-2-1-3-5-15/h7-10,15H,1-6,11-14H2,(H,21,23)(H,22,24). The molecule has 5 nitrogen and oxygen atoms in total. The Kier molecular flexibility index (Phi) is 8.60. The highest BCUT2D eigenvalue weighted by atomic mass is 35.5. The van der Waals surface area contributed by atoms with Gasteiger partial charge in [0.05, 0.1) is 0 Å². The van der Waals surface area contributed by atoms with Gasteiger partial charge in [0.2, 0.25) is 5.91 Å². The van der Waals surface area contributed by atoms with Crippen LogP contribution < -0.4 is 15.4 Å². The van der Waals surface area contributed by atoms with Gasteiger partial charge in [-0.15, -0.1) is 0 Å². The van der Waals surface area contributed by atoms with Gasteiger partial charge < -0.3 is 15.4 Å². The lowest BCUT2D eigenvalue weighted by Crippen LogP contribution is -2.36. The van der Waals surface area contributed by atoms with Gasteiger partial charge in [0.1, 0.15) is 5.75 Å². The fourth-order valence-electron chi connectivity index (χ4n) is 3.03. The number of hydrogen-bond acceptors (Lipinski definition) is 3. The molecule has 2 amide bonds. The molecule has 1 fully saturated rings. The summed E-state index contributed by atoms with van der Waals surface area (Å²) in [7, 11) is 0.